The van der Waals surface area contributed by atoms with E-state index < -0.39 is 0 Å². The van der Waals surface area contributed by atoms with Gasteiger partial charge in [-0.25, -0.2) is 9.97 Å². The average Bonchev–Trinajstić information content (AvgIpc) is 3.00. The molecule has 0 radical (unpaired) electrons. The zero-order valence-corrected chi connectivity index (χ0v) is 11.3. The highest BCUT2D eigenvalue weighted by Crippen LogP contribution is 2.32. The number of imidazole rings is 1. The molecule has 19 heavy (non-hydrogen) atoms. The van der Waals surface area contributed by atoms with E-state index in [0.29, 0.717) is 5.82 Å². The van der Waals surface area contributed by atoms with Crippen LogP contribution in [0.4, 0.5) is 5.82 Å². The Labute approximate surface area is 113 Å². The molecule has 0 saturated heterocycles. The first-order valence-corrected chi connectivity index (χ1v) is 6.94. The van der Waals surface area contributed by atoms with E-state index in [4.69, 9.17) is 5.73 Å². The lowest BCUT2D eigenvalue weighted by Gasteiger charge is -2.13. The van der Waals surface area contributed by atoms with Crippen LogP contribution >= 0.6 is 0 Å². The van der Waals surface area contributed by atoms with Gasteiger partial charge >= 0.3 is 0 Å². The molecule has 0 aliphatic heterocycles. The summed E-state index contributed by atoms with van der Waals surface area (Å²) in [5, 5.41) is 0. The number of aromatic nitrogens is 3. The summed E-state index contributed by atoms with van der Waals surface area (Å²) in [5.41, 5.74) is 7.84. The van der Waals surface area contributed by atoms with Gasteiger partial charge in [0.1, 0.15) is 5.82 Å². The van der Waals surface area contributed by atoms with Crippen molar-refractivity contribution >= 4 is 5.82 Å². The third-order valence-electron chi connectivity index (χ3n) is 4.05. The second-order valence-corrected chi connectivity index (χ2v) is 5.69. The first-order chi connectivity index (χ1) is 9.22. The zero-order valence-electron chi connectivity index (χ0n) is 11.3. The molecule has 100 valence electrons. The molecule has 2 N–H and O–H groups in total. The predicted molar refractivity (Wildman–Crippen MR) is 76.4 cm³/mol. The second-order valence-electron chi connectivity index (χ2n) is 5.69. The highest BCUT2D eigenvalue weighted by atomic mass is 15.0. The number of nitrogens with zero attached hydrogens (tertiary/aromatic N) is 3. The van der Waals surface area contributed by atoms with Crippen LogP contribution in [-0.4, -0.2) is 14.5 Å². The van der Waals surface area contributed by atoms with E-state index in [-0.39, 0.29) is 0 Å². The van der Waals surface area contributed by atoms with Crippen LogP contribution in [0.3, 0.4) is 0 Å². The summed E-state index contributed by atoms with van der Waals surface area (Å²) >= 11 is 0. The Balaban J connectivity index is 1.80. The van der Waals surface area contributed by atoms with Gasteiger partial charge in [0.05, 0.1) is 18.2 Å². The first-order valence-electron chi connectivity index (χ1n) is 6.94. The molecule has 1 aliphatic rings. The molecule has 0 bridgehead atoms. The van der Waals surface area contributed by atoms with Crippen LogP contribution in [0.5, 0.6) is 0 Å². The van der Waals surface area contributed by atoms with E-state index in [1.165, 1.54) is 19.3 Å². The Morgan fingerprint density at radius 3 is 2.89 bits per heavy atom. The molecule has 4 heteroatoms. The van der Waals surface area contributed by atoms with E-state index in [0.717, 1.165) is 29.6 Å². The van der Waals surface area contributed by atoms with Crippen LogP contribution < -0.4 is 5.73 Å². The van der Waals surface area contributed by atoms with Crippen molar-refractivity contribution in [2.45, 2.75) is 32.7 Å². The van der Waals surface area contributed by atoms with E-state index in [1.54, 1.807) is 0 Å². The van der Waals surface area contributed by atoms with Gasteiger partial charge in [0.15, 0.2) is 0 Å². The molecule has 2 aromatic heterocycles. The quantitative estimate of drug-likeness (QED) is 0.918. The fourth-order valence-corrected chi connectivity index (χ4v) is 3.03. The van der Waals surface area contributed by atoms with Crippen molar-refractivity contribution in [3.8, 4) is 11.3 Å². The van der Waals surface area contributed by atoms with Crippen LogP contribution in [0.2, 0.25) is 0 Å². The van der Waals surface area contributed by atoms with Gasteiger partial charge in [0, 0.05) is 18.3 Å². The molecule has 0 spiro atoms. The molecule has 1 fully saturated rings. The lowest BCUT2D eigenvalue weighted by molar-refractivity contribution is 0.443. The van der Waals surface area contributed by atoms with Crippen molar-refractivity contribution in [3.05, 3.63) is 30.9 Å². The number of nitrogens with two attached hydrogens (primary N) is 1. The van der Waals surface area contributed by atoms with Crippen molar-refractivity contribution < 1.29 is 0 Å². The molecular formula is C15H20N4. The summed E-state index contributed by atoms with van der Waals surface area (Å²) in [5.74, 6) is 2.21. The van der Waals surface area contributed by atoms with Crippen molar-refractivity contribution in [2.75, 3.05) is 5.73 Å². The van der Waals surface area contributed by atoms with Crippen LogP contribution in [0, 0.1) is 11.8 Å². The second kappa shape index (κ2) is 5.03. The highest BCUT2D eigenvalue weighted by molar-refractivity contribution is 5.59. The van der Waals surface area contributed by atoms with Crippen molar-refractivity contribution in [1.82, 2.24) is 14.5 Å². The summed E-state index contributed by atoms with van der Waals surface area (Å²) in [6, 6.07) is 3.84. The number of anilines is 1. The Hall–Kier alpha value is -1.84. The number of hydrogen-bond donors (Lipinski definition) is 1. The van der Waals surface area contributed by atoms with Crippen molar-refractivity contribution in [1.29, 1.82) is 0 Å². The molecule has 0 amide bonds. The molecule has 1 aliphatic carbocycles. The molecule has 3 rings (SSSR count). The van der Waals surface area contributed by atoms with E-state index in [2.05, 4.69) is 21.5 Å². The summed E-state index contributed by atoms with van der Waals surface area (Å²) in [4.78, 5) is 8.44. The Morgan fingerprint density at radius 2 is 2.21 bits per heavy atom. The standard InChI is InChI=1S/C15H20N4/c1-11-2-3-12(6-11)9-19-10-17-8-14(19)13-4-5-15(16)18-7-13/h4-5,7-8,10-12H,2-3,6,9H2,1H3,(H2,16,18). The highest BCUT2D eigenvalue weighted by Gasteiger charge is 2.22. The fraction of sp³-hybridized carbons (Fsp3) is 0.467. The van der Waals surface area contributed by atoms with Gasteiger partial charge in [-0.1, -0.05) is 13.3 Å². The number of nitrogen functional groups attached to an aromatic ring is 1. The molecule has 0 aromatic carbocycles. The van der Waals surface area contributed by atoms with Crippen LogP contribution in [0.15, 0.2) is 30.9 Å². The Kier molecular flexibility index (Phi) is 3.23. The topological polar surface area (TPSA) is 56.7 Å². The van der Waals surface area contributed by atoms with Gasteiger partial charge in [-0.15, -0.1) is 0 Å². The zero-order chi connectivity index (χ0) is 13.2. The molecule has 2 unspecified atom stereocenters. The van der Waals surface area contributed by atoms with Gasteiger partial charge in [-0.05, 0) is 36.8 Å². The maximum atomic E-state index is 5.63. The maximum absolute atomic E-state index is 5.63. The van der Waals surface area contributed by atoms with Crippen molar-refractivity contribution in [3.63, 3.8) is 0 Å². The number of pyridine rings is 1. The summed E-state index contributed by atoms with van der Waals surface area (Å²) < 4.78 is 2.25. The summed E-state index contributed by atoms with van der Waals surface area (Å²) in [6.45, 7) is 3.41. The molecule has 2 atom stereocenters. The van der Waals surface area contributed by atoms with Gasteiger partial charge in [0.25, 0.3) is 0 Å². The van der Waals surface area contributed by atoms with E-state index in [1.807, 2.05) is 30.9 Å². The molecule has 2 aromatic rings. The normalized spacial score (nSPS) is 22.8. The minimum absolute atomic E-state index is 0.555. The van der Waals surface area contributed by atoms with Crippen LogP contribution in [0.1, 0.15) is 26.2 Å². The van der Waals surface area contributed by atoms with Crippen LogP contribution in [0.25, 0.3) is 11.3 Å². The Bertz CT molecular complexity index is 544. The molecular weight excluding hydrogens is 236 g/mol. The van der Waals surface area contributed by atoms with Crippen LogP contribution in [-0.2, 0) is 6.54 Å². The lowest BCUT2D eigenvalue weighted by Crippen LogP contribution is -2.08. The Morgan fingerprint density at radius 1 is 1.32 bits per heavy atom. The SMILES string of the molecule is CC1CCC(Cn2cncc2-c2ccc(N)nc2)C1. The largest absolute Gasteiger partial charge is 0.384 e. The number of rotatable bonds is 3. The van der Waals surface area contributed by atoms with Gasteiger partial charge in [-0.3, -0.25) is 0 Å². The van der Waals surface area contributed by atoms with E-state index in [9.17, 15) is 0 Å². The smallest absolute Gasteiger partial charge is 0.123 e. The maximum Gasteiger partial charge on any atom is 0.123 e. The van der Waals surface area contributed by atoms with Gasteiger partial charge < -0.3 is 10.3 Å². The molecule has 2 heterocycles. The monoisotopic (exact) mass is 256 g/mol. The average molecular weight is 256 g/mol. The minimum Gasteiger partial charge on any atom is -0.384 e. The lowest BCUT2D eigenvalue weighted by atomic mass is 10.1. The van der Waals surface area contributed by atoms with E-state index >= 15 is 0 Å². The van der Waals surface area contributed by atoms with Crippen molar-refractivity contribution in [2.24, 2.45) is 11.8 Å². The number of hydrogen-bond acceptors (Lipinski definition) is 3. The summed E-state index contributed by atoms with van der Waals surface area (Å²) in [6.07, 6.45) is 9.68. The molecule has 4 nitrogen and oxygen atoms in total. The summed E-state index contributed by atoms with van der Waals surface area (Å²) in [7, 11) is 0. The first kappa shape index (κ1) is 12.2. The van der Waals surface area contributed by atoms with Gasteiger partial charge in [0.2, 0.25) is 0 Å². The third-order valence-corrected chi connectivity index (χ3v) is 4.05. The fourth-order valence-electron chi connectivity index (χ4n) is 3.03. The minimum atomic E-state index is 0.555. The van der Waals surface area contributed by atoms with Gasteiger partial charge in [-0.2, -0.15) is 0 Å². The third kappa shape index (κ3) is 2.62. The molecule has 1 saturated carbocycles. The predicted octanol–water partition coefficient (Wildman–Crippen LogP) is 2.96.